The molecule has 1 unspecified atom stereocenters. The molecule has 2 heterocycles. The lowest BCUT2D eigenvalue weighted by atomic mass is 10.1. The number of ether oxygens (including phenoxy) is 1. The molecule has 124 valence electrons. The summed E-state index contributed by atoms with van der Waals surface area (Å²) in [5, 5.41) is 3.31. The number of hydrogen-bond acceptors (Lipinski definition) is 4. The van der Waals surface area contributed by atoms with Gasteiger partial charge in [0.25, 0.3) is 0 Å². The summed E-state index contributed by atoms with van der Waals surface area (Å²) in [4.78, 5) is 17.0. The zero-order chi connectivity index (χ0) is 14.4. The van der Waals surface area contributed by atoms with Gasteiger partial charge in [-0.05, 0) is 32.7 Å². The van der Waals surface area contributed by atoms with E-state index in [1.807, 2.05) is 6.92 Å². The molecule has 0 radical (unpaired) electrons. The van der Waals surface area contributed by atoms with Gasteiger partial charge in [0.15, 0.2) is 0 Å². The molecular weight excluding hydrogens is 290 g/mol. The number of carbonyl (C=O) groups excluding carboxylic acids is 1. The van der Waals surface area contributed by atoms with Crippen LogP contribution in [0, 0.1) is 0 Å². The molecule has 0 spiro atoms. The molecule has 2 atom stereocenters. The van der Waals surface area contributed by atoms with E-state index in [9.17, 15) is 4.79 Å². The third kappa shape index (κ3) is 5.09. The second kappa shape index (κ2) is 9.62. The van der Waals surface area contributed by atoms with Crippen LogP contribution in [0.5, 0.6) is 0 Å². The van der Waals surface area contributed by atoms with E-state index in [-0.39, 0.29) is 18.4 Å². The third-order valence-electron chi connectivity index (χ3n) is 4.47. The Morgan fingerprint density at radius 3 is 2.76 bits per heavy atom. The minimum Gasteiger partial charge on any atom is -0.380 e. The average Bonchev–Trinajstić information content (AvgIpc) is 3.01. The van der Waals surface area contributed by atoms with Gasteiger partial charge in [-0.3, -0.25) is 9.69 Å². The van der Waals surface area contributed by atoms with E-state index in [4.69, 9.17) is 4.74 Å². The second-order valence-electron chi connectivity index (χ2n) is 5.73. The first-order chi connectivity index (χ1) is 9.76. The highest BCUT2D eigenvalue weighted by atomic mass is 35.5. The maximum atomic E-state index is 12.4. The molecule has 0 aromatic carbocycles. The normalized spacial score (nSPS) is 26.7. The third-order valence-corrected chi connectivity index (χ3v) is 4.47. The molecule has 1 N–H and O–H groups in total. The predicted molar refractivity (Wildman–Crippen MR) is 87.0 cm³/mol. The molecular formula is C15H30ClN3O2. The van der Waals surface area contributed by atoms with Crippen molar-refractivity contribution < 1.29 is 9.53 Å². The van der Waals surface area contributed by atoms with Crippen LogP contribution < -0.4 is 5.32 Å². The van der Waals surface area contributed by atoms with E-state index in [1.54, 1.807) is 0 Å². The second-order valence-corrected chi connectivity index (χ2v) is 5.73. The van der Waals surface area contributed by atoms with Gasteiger partial charge < -0.3 is 15.0 Å². The fraction of sp³-hybridized carbons (Fsp3) is 0.933. The Labute approximate surface area is 134 Å². The summed E-state index contributed by atoms with van der Waals surface area (Å²) in [5.74, 6) is 0.311. The van der Waals surface area contributed by atoms with Gasteiger partial charge in [0, 0.05) is 38.8 Å². The van der Waals surface area contributed by atoms with Gasteiger partial charge in [-0.1, -0.05) is 6.92 Å². The Kier molecular flexibility index (Phi) is 8.56. The number of halogens is 1. The van der Waals surface area contributed by atoms with E-state index in [0.717, 1.165) is 65.2 Å². The highest BCUT2D eigenvalue weighted by Crippen LogP contribution is 2.16. The average molecular weight is 320 g/mol. The SMILES string of the molecule is CCOCCN1CCN(C(=O)[C@@H]2CCCN2)CC1CC.Cl. The van der Waals surface area contributed by atoms with Gasteiger partial charge >= 0.3 is 0 Å². The quantitative estimate of drug-likeness (QED) is 0.745. The number of rotatable bonds is 6. The molecule has 5 nitrogen and oxygen atoms in total. The van der Waals surface area contributed by atoms with Crippen LogP contribution in [0.3, 0.4) is 0 Å². The van der Waals surface area contributed by atoms with Crippen LogP contribution in [0.15, 0.2) is 0 Å². The Morgan fingerprint density at radius 2 is 2.14 bits per heavy atom. The summed E-state index contributed by atoms with van der Waals surface area (Å²) in [7, 11) is 0. The van der Waals surface area contributed by atoms with Crippen molar-refractivity contribution in [2.75, 3.05) is 45.9 Å². The Hall–Kier alpha value is -0.360. The molecule has 2 rings (SSSR count). The highest BCUT2D eigenvalue weighted by Gasteiger charge is 2.32. The Balaban J connectivity index is 0.00000220. The van der Waals surface area contributed by atoms with Gasteiger partial charge in [-0.25, -0.2) is 0 Å². The van der Waals surface area contributed by atoms with Crippen molar-refractivity contribution in [2.45, 2.75) is 45.2 Å². The first-order valence-corrected chi connectivity index (χ1v) is 8.10. The van der Waals surface area contributed by atoms with Gasteiger partial charge in [0.1, 0.15) is 0 Å². The van der Waals surface area contributed by atoms with Crippen molar-refractivity contribution in [1.29, 1.82) is 0 Å². The summed E-state index contributed by atoms with van der Waals surface area (Å²) in [5.41, 5.74) is 0. The first-order valence-electron chi connectivity index (χ1n) is 8.10. The molecule has 0 aromatic heterocycles. The molecule has 0 aliphatic carbocycles. The van der Waals surface area contributed by atoms with Crippen LogP contribution in [0.1, 0.15) is 33.1 Å². The van der Waals surface area contributed by atoms with Crippen LogP contribution in [-0.2, 0) is 9.53 Å². The number of hydrogen-bond donors (Lipinski definition) is 1. The molecule has 2 aliphatic heterocycles. The van der Waals surface area contributed by atoms with Crippen molar-refractivity contribution in [3.63, 3.8) is 0 Å². The van der Waals surface area contributed by atoms with Crippen LogP contribution in [0.25, 0.3) is 0 Å². The van der Waals surface area contributed by atoms with Crippen molar-refractivity contribution in [2.24, 2.45) is 0 Å². The van der Waals surface area contributed by atoms with E-state index < -0.39 is 0 Å². The van der Waals surface area contributed by atoms with Crippen LogP contribution in [-0.4, -0.2) is 73.7 Å². The van der Waals surface area contributed by atoms with Crippen LogP contribution in [0.2, 0.25) is 0 Å². The summed E-state index contributed by atoms with van der Waals surface area (Å²) in [6.07, 6.45) is 3.22. The fourth-order valence-electron chi connectivity index (χ4n) is 3.22. The fourth-order valence-corrected chi connectivity index (χ4v) is 3.22. The highest BCUT2D eigenvalue weighted by molar-refractivity contribution is 5.85. The monoisotopic (exact) mass is 319 g/mol. The molecule has 6 heteroatoms. The van der Waals surface area contributed by atoms with Gasteiger partial charge in [0.2, 0.25) is 5.91 Å². The summed E-state index contributed by atoms with van der Waals surface area (Å²) < 4.78 is 5.45. The lowest BCUT2D eigenvalue weighted by molar-refractivity contribution is -0.136. The van der Waals surface area contributed by atoms with Crippen molar-refractivity contribution in [1.82, 2.24) is 15.1 Å². The largest absolute Gasteiger partial charge is 0.380 e. The smallest absolute Gasteiger partial charge is 0.239 e. The molecule has 1 amide bonds. The van der Waals surface area contributed by atoms with Crippen LogP contribution in [0.4, 0.5) is 0 Å². The lowest BCUT2D eigenvalue weighted by Crippen LogP contribution is -2.57. The standard InChI is InChI=1S/C15H29N3O2.ClH/c1-3-13-12-18(15(19)14-6-5-7-16-14)9-8-17(13)10-11-20-4-2;/h13-14,16H,3-12H2,1-2H3;1H/t13?,14-;/m0./s1. The molecule has 21 heavy (non-hydrogen) atoms. The van der Waals surface area contributed by atoms with E-state index in [0.29, 0.717) is 11.9 Å². The Morgan fingerprint density at radius 1 is 1.33 bits per heavy atom. The number of carbonyl (C=O) groups is 1. The Bertz CT molecular complexity index is 311. The molecule has 2 aliphatic rings. The van der Waals surface area contributed by atoms with Gasteiger partial charge in [-0.15, -0.1) is 12.4 Å². The van der Waals surface area contributed by atoms with Gasteiger partial charge in [-0.2, -0.15) is 0 Å². The van der Waals surface area contributed by atoms with E-state index >= 15 is 0 Å². The number of nitrogens with zero attached hydrogens (tertiary/aromatic N) is 2. The zero-order valence-electron chi connectivity index (χ0n) is 13.3. The summed E-state index contributed by atoms with van der Waals surface area (Å²) in [6.45, 7) is 10.5. The van der Waals surface area contributed by atoms with E-state index in [1.165, 1.54) is 0 Å². The van der Waals surface area contributed by atoms with Crippen molar-refractivity contribution in [3.8, 4) is 0 Å². The predicted octanol–water partition coefficient (Wildman–Crippen LogP) is 1.12. The molecule has 0 aromatic rings. The first kappa shape index (κ1) is 18.7. The maximum absolute atomic E-state index is 12.4. The number of nitrogens with one attached hydrogen (secondary N) is 1. The molecule has 0 bridgehead atoms. The zero-order valence-corrected chi connectivity index (χ0v) is 14.2. The number of amides is 1. The van der Waals surface area contributed by atoms with Crippen molar-refractivity contribution >= 4 is 18.3 Å². The van der Waals surface area contributed by atoms with Crippen LogP contribution >= 0.6 is 12.4 Å². The summed E-state index contributed by atoms with van der Waals surface area (Å²) in [6, 6.07) is 0.553. The minimum absolute atomic E-state index is 0. The van der Waals surface area contributed by atoms with Crippen molar-refractivity contribution in [3.05, 3.63) is 0 Å². The van der Waals surface area contributed by atoms with E-state index in [2.05, 4.69) is 22.0 Å². The minimum atomic E-state index is 0. The topological polar surface area (TPSA) is 44.8 Å². The van der Waals surface area contributed by atoms with Gasteiger partial charge in [0.05, 0.1) is 12.6 Å². The molecule has 2 saturated heterocycles. The molecule has 0 saturated carbocycles. The number of piperazine rings is 1. The summed E-state index contributed by atoms with van der Waals surface area (Å²) >= 11 is 0. The lowest BCUT2D eigenvalue weighted by Gasteiger charge is -2.42. The maximum Gasteiger partial charge on any atom is 0.239 e. The molecule has 2 fully saturated rings.